The van der Waals surface area contributed by atoms with Crippen molar-refractivity contribution in [3.63, 3.8) is 0 Å². The fourth-order valence-electron chi connectivity index (χ4n) is 2.22. The Kier molecular flexibility index (Phi) is 4.96. The number of methoxy groups -OCH3 is 2. The Bertz CT molecular complexity index is 774. The molecule has 0 spiro atoms. The monoisotopic (exact) mass is 319 g/mol. The average molecular weight is 319 g/mol. The zero-order valence-corrected chi connectivity index (χ0v) is 13.7. The van der Waals surface area contributed by atoms with Gasteiger partial charge in [-0.1, -0.05) is 24.3 Å². The molecule has 0 aromatic heterocycles. The quantitative estimate of drug-likeness (QED) is 0.546. The molecule has 0 unspecified atom stereocenters. The summed E-state index contributed by atoms with van der Waals surface area (Å²) in [5, 5.41) is 1.86. The fourth-order valence-corrected chi connectivity index (χ4v) is 2.22. The molecule has 0 radical (unpaired) electrons. The molecule has 0 bridgehead atoms. The molecule has 0 aliphatic heterocycles. The van der Waals surface area contributed by atoms with E-state index in [1.165, 1.54) is 14.0 Å². The van der Waals surface area contributed by atoms with E-state index in [2.05, 4.69) is 4.74 Å². The SMILES string of the molecule is [2H]C([2H])(CCCOC(=O)[C@@]([2H])(C)c1ccc2cc(OC)ccc2c1)OC. The second-order valence-electron chi connectivity index (χ2n) is 5.14. The van der Waals surface area contributed by atoms with Gasteiger partial charge in [-0.25, -0.2) is 0 Å². The number of esters is 1. The van der Waals surface area contributed by atoms with Crippen LogP contribution in [0.1, 0.15) is 35.3 Å². The molecule has 0 heterocycles. The summed E-state index contributed by atoms with van der Waals surface area (Å²) in [6.45, 7) is -0.203. The van der Waals surface area contributed by atoms with Gasteiger partial charge in [0.2, 0.25) is 0 Å². The van der Waals surface area contributed by atoms with Crippen LogP contribution in [0.15, 0.2) is 36.4 Å². The van der Waals surface area contributed by atoms with Crippen LogP contribution in [0.4, 0.5) is 0 Å². The highest BCUT2D eigenvalue weighted by atomic mass is 16.5. The van der Waals surface area contributed by atoms with Gasteiger partial charge in [-0.05, 0) is 48.2 Å². The first-order valence-corrected chi connectivity index (χ1v) is 7.50. The third-order valence-corrected chi connectivity index (χ3v) is 3.59. The lowest BCUT2D eigenvalue weighted by Crippen LogP contribution is -2.14. The van der Waals surface area contributed by atoms with Crippen LogP contribution in [0.2, 0.25) is 0 Å². The molecule has 0 fully saturated rings. The molecule has 0 saturated heterocycles. The van der Waals surface area contributed by atoms with Crippen molar-refractivity contribution in [1.29, 1.82) is 0 Å². The van der Waals surface area contributed by atoms with Crippen molar-refractivity contribution in [2.75, 3.05) is 27.4 Å². The van der Waals surface area contributed by atoms with Crippen molar-refractivity contribution in [1.82, 2.24) is 0 Å². The highest BCUT2D eigenvalue weighted by molar-refractivity contribution is 5.86. The van der Waals surface area contributed by atoms with Gasteiger partial charge in [0, 0.05) is 15.0 Å². The van der Waals surface area contributed by atoms with Gasteiger partial charge in [-0.2, -0.15) is 0 Å². The van der Waals surface area contributed by atoms with Gasteiger partial charge in [0.25, 0.3) is 0 Å². The number of ether oxygens (including phenoxy) is 3. The van der Waals surface area contributed by atoms with E-state index in [-0.39, 0.29) is 13.0 Å². The number of fused-ring (bicyclic) bond motifs is 1. The molecule has 0 aliphatic rings. The van der Waals surface area contributed by atoms with Crippen LogP contribution < -0.4 is 4.74 Å². The van der Waals surface area contributed by atoms with E-state index >= 15 is 0 Å². The van der Waals surface area contributed by atoms with E-state index < -0.39 is 18.4 Å². The molecule has 124 valence electrons. The molecule has 2 aromatic carbocycles. The predicted octanol–water partition coefficient (Wildman–Crippen LogP) is 3.92. The molecule has 2 aromatic rings. The minimum absolute atomic E-state index is 0.0426. The normalized spacial score (nSPS) is 16.0. The first kappa shape index (κ1) is 13.4. The predicted molar refractivity (Wildman–Crippen MR) is 91.0 cm³/mol. The maximum Gasteiger partial charge on any atom is 0.313 e. The zero-order valence-electron chi connectivity index (χ0n) is 16.7. The summed E-state index contributed by atoms with van der Waals surface area (Å²) in [5.74, 6) is -1.47. The molecular formula is C19H24O4. The molecule has 4 nitrogen and oxygen atoms in total. The van der Waals surface area contributed by atoms with E-state index in [1.807, 2.05) is 24.3 Å². The summed E-state index contributed by atoms with van der Waals surface area (Å²) in [6, 6.07) is 11.0. The molecule has 2 rings (SSSR count). The Morgan fingerprint density at radius 2 is 1.91 bits per heavy atom. The Morgan fingerprint density at radius 1 is 1.17 bits per heavy atom. The summed E-state index contributed by atoms with van der Waals surface area (Å²) < 4.78 is 38.5. The van der Waals surface area contributed by atoms with Gasteiger partial charge in [-0.15, -0.1) is 0 Å². The molecule has 0 aliphatic carbocycles. The lowest BCUT2D eigenvalue weighted by Gasteiger charge is -2.13. The lowest BCUT2D eigenvalue weighted by molar-refractivity contribution is -0.145. The first-order valence-electron chi connectivity index (χ1n) is 9.00. The van der Waals surface area contributed by atoms with Crippen LogP contribution in [-0.2, 0) is 14.3 Å². The third kappa shape index (κ3) is 4.70. The number of benzene rings is 2. The largest absolute Gasteiger partial charge is 0.497 e. The minimum atomic E-state index is -1.74. The van der Waals surface area contributed by atoms with Crippen molar-refractivity contribution in [3.05, 3.63) is 42.0 Å². The smallest absolute Gasteiger partial charge is 0.313 e. The number of rotatable bonds is 8. The van der Waals surface area contributed by atoms with Gasteiger partial charge < -0.3 is 14.2 Å². The van der Waals surface area contributed by atoms with Crippen LogP contribution >= 0.6 is 0 Å². The van der Waals surface area contributed by atoms with E-state index in [0.717, 1.165) is 16.5 Å². The third-order valence-electron chi connectivity index (χ3n) is 3.59. The Balaban J connectivity index is 2.06. The first-order chi connectivity index (χ1) is 12.2. The van der Waals surface area contributed by atoms with Crippen LogP contribution in [0.25, 0.3) is 10.8 Å². The lowest BCUT2D eigenvalue weighted by atomic mass is 9.98. The molecule has 0 saturated carbocycles. The van der Waals surface area contributed by atoms with Crippen LogP contribution in [0.3, 0.4) is 0 Å². The zero-order chi connectivity index (χ0) is 19.4. The van der Waals surface area contributed by atoms with Crippen molar-refractivity contribution in [2.24, 2.45) is 0 Å². The molecule has 0 N–H and O–H groups in total. The standard InChI is InChI=1S/C19H24O4/c1-14(19(20)23-11-5-4-10-21-2)15-6-7-17-13-18(22-3)9-8-16(17)12-15/h6-9,12-14H,4-5,10-11H2,1-3H3/t14-/m0/s1/i10D2,14D. The van der Waals surface area contributed by atoms with Crippen LogP contribution in [0.5, 0.6) is 5.75 Å². The number of carbonyl (C=O) groups is 1. The number of hydrogen-bond acceptors (Lipinski definition) is 4. The topological polar surface area (TPSA) is 44.8 Å². The van der Waals surface area contributed by atoms with Gasteiger partial charge >= 0.3 is 5.97 Å². The van der Waals surface area contributed by atoms with Gasteiger partial charge in [0.05, 0.1) is 22.4 Å². The summed E-state index contributed by atoms with van der Waals surface area (Å²) in [4.78, 5) is 12.3. The summed E-state index contributed by atoms with van der Waals surface area (Å²) in [6.07, 6.45) is 0.434. The second kappa shape index (κ2) is 8.53. The molecule has 4 heteroatoms. The molecule has 1 atom stereocenters. The Morgan fingerprint density at radius 3 is 2.65 bits per heavy atom. The van der Waals surface area contributed by atoms with Gasteiger partial charge in [0.1, 0.15) is 5.75 Å². The summed E-state index contributed by atoms with van der Waals surface area (Å²) in [5.41, 5.74) is 0.535. The number of hydrogen-bond donors (Lipinski definition) is 0. The maximum atomic E-state index is 12.3. The average Bonchev–Trinajstić information content (AvgIpc) is 2.64. The summed E-state index contributed by atoms with van der Waals surface area (Å²) in [7, 11) is 2.90. The van der Waals surface area contributed by atoms with E-state index in [1.54, 1.807) is 19.2 Å². The molecule has 23 heavy (non-hydrogen) atoms. The van der Waals surface area contributed by atoms with E-state index in [9.17, 15) is 4.79 Å². The van der Waals surface area contributed by atoms with Crippen LogP contribution in [-0.4, -0.2) is 33.4 Å². The highest BCUT2D eigenvalue weighted by Crippen LogP contribution is 2.25. The maximum absolute atomic E-state index is 12.3. The van der Waals surface area contributed by atoms with E-state index in [0.29, 0.717) is 12.0 Å². The molecular weight excluding hydrogens is 292 g/mol. The molecule has 0 amide bonds. The second-order valence-corrected chi connectivity index (χ2v) is 5.14. The Labute approximate surface area is 141 Å². The van der Waals surface area contributed by atoms with Crippen molar-refractivity contribution in [3.8, 4) is 5.75 Å². The number of carbonyl (C=O) groups excluding carboxylic acids is 1. The van der Waals surface area contributed by atoms with Crippen molar-refractivity contribution >= 4 is 16.7 Å². The Hall–Kier alpha value is -2.07. The minimum Gasteiger partial charge on any atom is -0.497 e. The van der Waals surface area contributed by atoms with Gasteiger partial charge in [0.15, 0.2) is 0 Å². The van der Waals surface area contributed by atoms with E-state index in [4.69, 9.17) is 13.6 Å². The van der Waals surface area contributed by atoms with Crippen LogP contribution in [0, 0.1) is 0 Å². The van der Waals surface area contributed by atoms with Gasteiger partial charge in [-0.3, -0.25) is 4.79 Å². The highest BCUT2D eigenvalue weighted by Gasteiger charge is 2.17. The summed E-state index contributed by atoms with van der Waals surface area (Å²) >= 11 is 0. The fraction of sp³-hybridized carbons (Fsp3) is 0.421. The van der Waals surface area contributed by atoms with Crippen molar-refractivity contribution in [2.45, 2.75) is 25.7 Å². The van der Waals surface area contributed by atoms with Crippen molar-refractivity contribution < 1.29 is 23.1 Å².